The highest BCUT2D eigenvalue weighted by atomic mass is 35.5. The quantitative estimate of drug-likeness (QED) is 0.0430. The summed E-state index contributed by atoms with van der Waals surface area (Å²) >= 11 is 9.53. The van der Waals surface area contributed by atoms with Crippen LogP contribution in [-0.2, 0) is 13.9 Å². The van der Waals surface area contributed by atoms with Crippen LogP contribution in [-0.4, -0.2) is 79.3 Å². The largest absolute Gasteiger partial charge is 0.414 e. The summed E-state index contributed by atoms with van der Waals surface area (Å²) in [6.07, 6.45) is 31.2. The van der Waals surface area contributed by atoms with Crippen molar-refractivity contribution in [3.63, 3.8) is 0 Å². The number of alkyl halides is 2. The molecule has 0 saturated heterocycles. The highest BCUT2D eigenvalue weighted by molar-refractivity contribution is 6.74. The number of hydrogen-bond donors (Lipinski definition) is 5. The van der Waals surface area contributed by atoms with E-state index in [4.69, 9.17) is 47.7 Å². The highest BCUT2D eigenvalue weighted by Gasteiger charge is 2.53. The van der Waals surface area contributed by atoms with Crippen molar-refractivity contribution in [3.05, 3.63) is 71.4 Å². The minimum absolute atomic E-state index is 0. The second kappa shape index (κ2) is 32.7. The Morgan fingerprint density at radius 2 is 1.17 bits per heavy atom. The Morgan fingerprint density at radius 1 is 0.684 bits per heavy atom. The Bertz CT molecular complexity index is 1860. The van der Waals surface area contributed by atoms with Crippen LogP contribution in [0.15, 0.2) is 71.4 Å². The van der Waals surface area contributed by atoms with E-state index in [1.54, 1.807) is 5.57 Å². The predicted octanol–water partition coefficient (Wildman–Crippen LogP) is 18.9. The van der Waals surface area contributed by atoms with Crippen molar-refractivity contribution < 1.29 is 39.7 Å². The molecule has 0 aromatic rings. The maximum absolute atomic E-state index is 10.1. The molecule has 6 fully saturated rings. The first-order valence-corrected chi connectivity index (χ1v) is 36.1. The van der Waals surface area contributed by atoms with Gasteiger partial charge in [-0.05, 0) is 202 Å². The maximum Gasteiger partial charge on any atom is 0.192 e. The summed E-state index contributed by atoms with van der Waals surface area (Å²) in [6.45, 7) is 48.8. The van der Waals surface area contributed by atoms with Gasteiger partial charge in [-0.2, -0.15) is 0 Å². The van der Waals surface area contributed by atoms with Crippen molar-refractivity contribution in [2.75, 3.05) is 18.6 Å². The van der Waals surface area contributed by atoms with E-state index in [1.165, 1.54) is 67.2 Å². The summed E-state index contributed by atoms with van der Waals surface area (Å²) in [6, 6.07) is 0. The van der Waals surface area contributed by atoms with Crippen molar-refractivity contribution >= 4 is 39.8 Å². The van der Waals surface area contributed by atoms with Crippen LogP contribution in [0.25, 0.3) is 0 Å². The Balaban J connectivity index is 0.000000599. The third-order valence-corrected chi connectivity index (χ3v) is 29.4. The maximum atomic E-state index is 10.1. The van der Waals surface area contributed by atoms with Gasteiger partial charge in [0.1, 0.15) is 0 Å². The van der Waals surface area contributed by atoms with Gasteiger partial charge in [-0.25, -0.2) is 10.5 Å². The van der Waals surface area contributed by atoms with Crippen molar-refractivity contribution in [1.29, 1.82) is 0 Å². The smallest absolute Gasteiger partial charge is 0.192 e. The predicted molar refractivity (Wildman–Crippen MR) is 332 cm³/mol. The van der Waals surface area contributed by atoms with Gasteiger partial charge >= 0.3 is 0 Å². The van der Waals surface area contributed by atoms with Crippen LogP contribution in [0.5, 0.6) is 0 Å². The molecule has 0 heterocycles. The number of halogens is 2. The first-order valence-electron chi connectivity index (χ1n) is 29.2. The summed E-state index contributed by atoms with van der Waals surface area (Å²) in [5, 5.41) is 44.6. The fraction of sp³-hybridized carbons (Fsp3) is 0.812. The van der Waals surface area contributed by atoms with Gasteiger partial charge < -0.3 is 24.2 Å². The summed E-state index contributed by atoms with van der Waals surface area (Å²) < 4.78 is 13.3. The van der Waals surface area contributed by atoms with Crippen molar-refractivity contribution in [1.82, 2.24) is 0 Å². The van der Waals surface area contributed by atoms with Gasteiger partial charge in [-0.1, -0.05) is 169 Å². The van der Waals surface area contributed by atoms with E-state index in [1.807, 2.05) is 6.08 Å². The molecule has 9 unspecified atom stereocenters. The second-order valence-electron chi connectivity index (χ2n) is 27.6. The first-order chi connectivity index (χ1) is 34.7. The lowest BCUT2D eigenvalue weighted by Crippen LogP contribution is -2.44. The molecule has 5 N–H and O–H groups in total. The standard InChI is InChI=1S/C34H58OSi.C15H28O2Si.C13H24O2.CH2Cl2.CH4.H2O3/c1-24(2)25(3)14-15-27(5)31-20-21-32-28(13-12-22-34(31,32)9)17-18-29-23-30(19-16-26(29)4)35-36(10,11)33(6,7)8;1-12-7-8-14(11-13(12)9-10-16)17-18(5,6)15(2,3)4;1-9(8-14)10-5-6-11-12(15)4-3-7-13(10,11)2;2-1-3;;1-3-2/h14-15,17-18,24-25,27,30-32H,4,12-13,16,19-23H2,1-3,5-11H3;9,14,16H,1,7-8,10-11H2,2-6H3;9-12,14-15H,3-8H2,1-2H3;1H2;1H4;1-2H/b15-14+,28-17+,29-18-;13-9-;;;;/t25?,27?,30?,31?,32?,34-;;9?,10?,11?,12-,13+;;;/m1.0.../s1. The second-order valence-corrected chi connectivity index (χ2v) is 37.9. The first kappa shape index (κ1) is 73.1. The molecular formula is C64H118Cl2O8Si2. The molecule has 6 aliphatic rings. The molecule has 8 nitrogen and oxygen atoms in total. The Hall–Kier alpha value is -0.866. The monoisotopic (exact) mass is 1140 g/mol. The molecule has 76 heavy (non-hydrogen) atoms. The fourth-order valence-electron chi connectivity index (χ4n) is 13.2. The molecule has 6 rings (SSSR count). The van der Waals surface area contributed by atoms with Crippen LogP contribution >= 0.6 is 23.2 Å². The van der Waals surface area contributed by atoms with Gasteiger partial charge in [0.15, 0.2) is 16.6 Å². The Kier molecular flexibility index (Phi) is 31.5. The van der Waals surface area contributed by atoms with E-state index in [9.17, 15) is 10.2 Å². The molecule has 0 spiro atoms. The summed E-state index contributed by atoms with van der Waals surface area (Å²) in [5.74, 6) is 5.12. The Morgan fingerprint density at radius 3 is 1.66 bits per heavy atom. The average molecular weight is 1140 g/mol. The van der Waals surface area contributed by atoms with Crippen LogP contribution < -0.4 is 0 Å². The summed E-state index contributed by atoms with van der Waals surface area (Å²) in [4.78, 5) is 0. The van der Waals surface area contributed by atoms with Crippen LogP contribution in [0, 0.1) is 58.2 Å². The molecule has 12 heteroatoms. The number of allylic oxidation sites excluding steroid dienone is 7. The van der Waals surface area contributed by atoms with Gasteiger partial charge in [-0.3, -0.25) is 0 Å². The Labute approximate surface area is 479 Å². The van der Waals surface area contributed by atoms with E-state index in [0.717, 1.165) is 75.5 Å². The lowest BCUT2D eigenvalue weighted by atomic mass is 9.61. The van der Waals surface area contributed by atoms with E-state index in [-0.39, 0.29) is 35.6 Å². The van der Waals surface area contributed by atoms with Crippen molar-refractivity contribution in [2.24, 2.45) is 58.2 Å². The summed E-state index contributed by atoms with van der Waals surface area (Å²) in [5.41, 5.74) is 7.59. The van der Waals surface area contributed by atoms with Gasteiger partial charge in [0.2, 0.25) is 0 Å². The third kappa shape index (κ3) is 20.5. The van der Waals surface area contributed by atoms with E-state index >= 15 is 0 Å². The van der Waals surface area contributed by atoms with Crippen molar-refractivity contribution in [2.45, 2.75) is 255 Å². The lowest BCUT2D eigenvalue weighted by Gasteiger charge is -2.45. The molecule has 0 bridgehead atoms. The zero-order valence-corrected chi connectivity index (χ0v) is 54.3. The van der Waals surface area contributed by atoms with Crippen LogP contribution in [0.2, 0.25) is 36.3 Å². The molecular weight excluding hydrogens is 1020 g/mol. The van der Waals surface area contributed by atoms with Gasteiger partial charge in [0.05, 0.1) is 18.1 Å². The molecule has 12 atom stereocenters. The minimum atomic E-state index is -1.74. The minimum Gasteiger partial charge on any atom is -0.414 e. The summed E-state index contributed by atoms with van der Waals surface area (Å²) in [7, 11) is -3.43. The van der Waals surface area contributed by atoms with Gasteiger partial charge in [0.25, 0.3) is 0 Å². The lowest BCUT2D eigenvalue weighted by molar-refractivity contribution is -0.465. The molecule has 0 aliphatic heterocycles. The number of aliphatic hydroxyl groups excluding tert-OH is 3. The molecule has 0 radical (unpaired) electrons. The van der Waals surface area contributed by atoms with E-state index in [2.05, 4.69) is 159 Å². The number of hydrogen-bond acceptors (Lipinski definition) is 8. The van der Waals surface area contributed by atoms with E-state index in [0.29, 0.717) is 59.2 Å². The van der Waals surface area contributed by atoms with Crippen LogP contribution in [0.1, 0.15) is 200 Å². The van der Waals surface area contributed by atoms with Crippen molar-refractivity contribution in [3.8, 4) is 0 Å². The van der Waals surface area contributed by atoms with Gasteiger partial charge in [-0.15, -0.1) is 23.2 Å². The number of fused-ring (bicyclic) bond motifs is 2. The highest BCUT2D eigenvalue weighted by Crippen LogP contribution is 2.60. The topological polar surface area (TPSA) is 129 Å². The zero-order chi connectivity index (χ0) is 57.3. The molecule has 0 aromatic heterocycles. The van der Waals surface area contributed by atoms with Crippen LogP contribution in [0.4, 0.5) is 0 Å². The molecule has 6 aliphatic carbocycles. The van der Waals surface area contributed by atoms with Gasteiger partial charge in [0, 0.05) is 18.8 Å². The molecule has 444 valence electrons. The number of rotatable bonds is 12. The molecule has 0 amide bonds. The normalized spacial score (nSPS) is 31.9. The molecule has 0 aromatic carbocycles. The van der Waals surface area contributed by atoms with E-state index < -0.39 is 16.6 Å². The molecule has 6 saturated carbocycles. The average Bonchev–Trinajstić information content (AvgIpc) is 3.87. The SMILES string of the molecule is C.C=C1CCC(O[Si](C)(C)C(C)(C)C)C/C1=C/C=C1\CCC[C@@]2(C)C1CCC2C(C)/C=C/C(C)C(C)C.C=C1CCC(O[Si](C)(C)C(C)(C)C)C/C1=C/CO.CC(CO)C1CCC2[C@@H](O)CCC[C@]12C.ClCCl.OOO. The number of aliphatic hydroxyl groups is 3. The fourth-order valence-corrected chi connectivity index (χ4v) is 16.0. The van der Waals surface area contributed by atoms with Crippen LogP contribution in [0.3, 0.4) is 0 Å². The third-order valence-electron chi connectivity index (χ3n) is 20.3. The zero-order valence-electron chi connectivity index (χ0n) is 50.8.